The number of hydrogen-bond acceptors (Lipinski definition) is 5. The zero-order chi connectivity index (χ0) is 14.1. The summed E-state index contributed by atoms with van der Waals surface area (Å²) in [5, 5.41) is 3.89. The van der Waals surface area contributed by atoms with Crippen LogP contribution in [0, 0.1) is 13.8 Å². The van der Waals surface area contributed by atoms with Crippen LogP contribution < -0.4 is 5.76 Å². The molecule has 3 rings (SSSR count). The summed E-state index contributed by atoms with van der Waals surface area (Å²) in [5.74, 6) is 1.06. The standard InChI is InChI=1S/C14H13N3O3/c1-9-10(2)19-14(18)17(9)8-12-15-13(20-16-12)11-6-4-3-5-7-11/h3-7H,8H2,1-2H3. The van der Waals surface area contributed by atoms with Crippen molar-refractivity contribution in [3.63, 3.8) is 0 Å². The molecule has 0 bridgehead atoms. The molecule has 0 fully saturated rings. The minimum atomic E-state index is -0.411. The Labute approximate surface area is 114 Å². The SMILES string of the molecule is Cc1oc(=O)n(Cc2noc(-c3ccccc3)n2)c1C. The number of oxazole rings is 1. The molecule has 0 aliphatic heterocycles. The summed E-state index contributed by atoms with van der Waals surface area (Å²) >= 11 is 0. The maximum Gasteiger partial charge on any atom is 0.419 e. The van der Waals surface area contributed by atoms with Crippen molar-refractivity contribution in [1.29, 1.82) is 0 Å². The predicted molar refractivity (Wildman–Crippen MR) is 71.3 cm³/mol. The van der Waals surface area contributed by atoms with Crippen LogP contribution in [0.1, 0.15) is 17.3 Å². The van der Waals surface area contributed by atoms with E-state index in [0.29, 0.717) is 17.5 Å². The van der Waals surface area contributed by atoms with E-state index >= 15 is 0 Å². The van der Waals surface area contributed by atoms with E-state index < -0.39 is 5.76 Å². The molecule has 0 radical (unpaired) electrons. The number of nitrogens with zero attached hydrogens (tertiary/aromatic N) is 3. The summed E-state index contributed by atoms with van der Waals surface area (Å²) in [5.41, 5.74) is 1.61. The zero-order valence-electron chi connectivity index (χ0n) is 11.2. The van der Waals surface area contributed by atoms with Gasteiger partial charge in [-0.3, -0.25) is 4.57 Å². The van der Waals surface area contributed by atoms with E-state index in [2.05, 4.69) is 10.1 Å². The predicted octanol–water partition coefficient (Wildman–Crippen LogP) is 2.16. The van der Waals surface area contributed by atoms with E-state index in [4.69, 9.17) is 8.94 Å². The van der Waals surface area contributed by atoms with Gasteiger partial charge in [0.1, 0.15) is 5.76 Å². The highest BCUT2D eigenvalue weighted by Crippen LogP contribution is 2.16. The first kappa shape index (κ1) is 12.4. The summed E-state index contributed by atoms with van der Waals surface area (Å²) in [4.78, 5) is 15.9. The number of rotatable bonds is 3. The lowest BCUT2D eigenvalue weighted by molar-refractivity contribution is 0.416. The number of benzene rings is 1. The molecule has 3 aromatic rings. The third-order valence-corrected chi connectivity index (χ3v) is 3.16. The maximum absolute atomic E-state index is 11.7. The molecule has 0 amide bonds. The lowest BCUT2D eigenvalue weighted by Gasteiger charge is -1.97. The second-order valence-electron chi connectivity index (χ2n) is 4.48. The number of aryl methyl sites for hydroxylation is 1. The average Bonchev–Trinajstić information content (AvgIpc) is 3.01. The van der Waals surface area contributed by atoms with Crippen LogP contribution in [0.15, 0.2) is 44.1 Å². The van der Waals surface area contributed by atoms with Crippen molar-refractivity contribution in [2.75, 3.05) is 0 Å². The van der Waals surface area contributed by atoms with Gasteiger partial charge < -0.3 is 8.94 Å². The van der Waals surface area contributed by atoms with Gasteiger partial charge >= 0.3 is 5.76 Å². The second-order valence-corrected chi connectivity index (χ2v) is 4.48. The van der Waals surface area contributed by atoms with Crippen molar-refractivity contribution in [3.8, 4) is 11.5 Å². The van der Waals surface area contributed by atoms with Crippen LogP contribution in [0.2, 0.25) is 0 Å². The van der Waals surface area contributed by atoms with Gasteiger partial charge in [0.2, 0.25) is 0 Å². The van der Waals surface area contributed by atoms with Gasteiger partial charge in [0, 0.05) is 5.56 Å². The summed E-state index contributed by atoms with van der Waals surface area (Å²) in [6.07, 6.45) is 0. The van der Waals surface area contributed by atoms with Gasteiger partial charge in [-0.05, 0) is 26.0 Å². The van der Waals surface area contributed by atoms with Gasteiger partial charge in [-0.2, -0.15) is 4.98 Å². The Morgan fingerprint density at radius 3 is 2.60 bits per heavy atom. The molecule has 0 spiro atoms. The molecule has 0 N–H and O–H groups in total. The van der Waals surface area contributed by atoms with E-state index in [1.165, 1.54) is 4.57 Å². The van der Waals surface area contributed by atoms with Gasteiger partial charge in [-0.1, -0.05) is 23.4 Å². The Hall–Kier alpha value is -2.63. The van der Waals surface area contributed by atoms with E-state index in [1.54, 1.807) is 6.92 Å². The van der Waals surface area contributed by atoms with E-state index in [-0.39, 0.29) is 6.54 Å². The lowest BCUT2D eigenvalue weighted by atomic mass is 10.2. The van der Waals surface area contributed by atoms with Gasteiger partial charge in [0.25, 0.3) is 5.89 Å². The topological polar surface area (TPSA) is 74.1 Å². The number of aromatic nitrogens is 3. The van der Waals surface area contributed by atoms with Crippen molar-refractivity contribution < 1.29 is 8.94 Å². The summed E-state index contributed by atoms with van der Waals surface area (Å²) < 4.78 is 11.7. The highest BCUT2D eigenvalue weighted by atomic mass is 16.5. The fourth-order valence-electron chi connectivity index (χ4n) is 1.93. The monoisotopic (exact) mass is 271 g/mol. The van der Waals surface area contributed by atoms with Crippen LogP contribution in [0.4, 0.5) is 0 Å². The van der Waals surface area contributed by atoms with E-state index in [0.717, 1.165) is 11.3 Å². The normalized spacial score (nSPS) is 10.9. The summed E-state index contributed by atoms with van der Waals surface area (Å²) in [6.45, 7) is 3.80. The van der Waals surface area contributed by atoms with Gasteiger partial charge in [-0.25, -0.2) is 4.79 Å². The Bertz CT molecular complexity index is 784. The van der Waals surface area contributed by atoms with Crippen molar-refractivity contribution in [1.82, 2.24) is 14.7 Å². The molecule has 0 aliphatic carbocycles. The molecule has 6 heteroatoms. The third-order valence-electron chi connectivity index (χ3n) is 3.16. The molecule has 0 atom stereocenters. The Balaban J connectivity index is 1.90. The zero-order valence-corrected chi connectivity index (χ0v) is 11.2. The molecule has 1 aromatic carbocycles. The summed E-state index contributed by atoms with van der Waals surface area (Å²) in [6, 6.07) is 9.48. The van der Waals surface area contributed by atoms with E-state index in [1.807, 2.05) is 37.3 Å². The Morgan fingerprint density at radius 2 is 1.95 bits per heavy atom. The molecular weight excluding hydrogens is 258 g/mol. The largest absolute Gasteiger partial charge is 0.419 e. The van der Waals surface area contributed by atoms with Crippen LogP contribution >= 0.6 is 0 Å². The quantitative estimate of drug-likeness (QED) is 0.729. The first-order valence-electron chi connectivity index (χ1n) is 6.20. The van der Waals surface area contributed by atoms with Crippen LogP contribution in [-0.2, 0) is 6.54 Å². The fraction of sp³-hybridized carbons (Fsp3) is 0.214. The molecule has 6 nitrogen and oxygen atoms in total. The van der Waals surface area contributed by atoms with Gasteiger partial charge in [0.15, 0.2) is 5.82 Å². The highest BCUT2D eigenvalue weighted by Gasteiger charge is 2.14. The highest BCUT2D eigenvalue weighted by molar-refractivity contribution is 5.51. The summed E-state index contributed by atoms with van der Waals surface area (Å²) in [7, 11) is 0. The van der Waals surface area contributed by atoms with Crippen LogP contribution in [0.25, 0.3) is 11.5 Å². The van der Waals surface area contributed by atoms with Crippen molar-refractivity contribution in [3.05, 3.63) is 58.2 Å². The Kier molecular flexibility index (Phi) is 2.98. The second kappa shape index (κ2) is 4.80. The molecule has 2 aromatic heterocycles. The lowest BCUT2D eigenvalue weighted by Crippen LogP contribution is -2.17. The van der Waals surface area contributed by atoms with Crippen molar-refractivity contribution >= 4 is 0 Å². The molecule has 0 unspecified atom stereocenters. The average molecular weight is 271 g/mol. The van der Waals surface area contributed by atoms with Gasteiger partial charge in [-0.15, -0.1) is 0 Å². The first-order chi connectivity index (χ1) is 9.65. The van der Waals surface area contributed by atoms with Crippen LogP contribution in [-0.4, -0.2) is 14.7 Å². The molecular formula is C14H13N3O3. The molecule has 20 heavy (non-hydrogen) atoms. The maximum atomic E-state index is 11.7. The molecule has 102 valence electrons. The van der Waals surface area contributed by atoms with Gasteiger partial charge in [0.05, 0.1) is 12.2 Å². The van der Waals surface area contributed by atoms with Crippen LogP contribution in [0.3, 0.4) is 0 Å². The molecule has 0 saturated carbocycles. The number of hydrogen-bond donors (Lipinski definition) is 0. The first-order valence-corrected chi connectivity index (χ1v) is 6.20. The van der Waals surface area contributed by atoms with E-state index in [9.17, 15) is 4.79 Å². The molecule has 0 aliphatic rings. The van der Waals surface area contributed by atoms with Crippen molar-refractivity contribution in [2.45, 2.75) is 20.4 Å². The fourth-order valence-corrected chi connectivity index (χ4v) is 1.93. The molecule has 2 heterocycles. The minimum Gasteiger partial charge on any atom is -0.413 e. The van der Waals surface area contributed by atoms with Crippen LogP contribution in [0.5, 0.6) is 0 Å². The van der Waals surface area contributed by atoms with Crippen molar-refractivity contribution in [2.24, 2.45) is 0 Å². The third kappa shape index (κ3) is 2.16. The molecule has 0 saturated heterocycles. The minimum absolute atomic E-state index is 0.234. The smallest absolute Gasteiger partial charge is 0.413 e. The Morgan fingerprint density at radius 1 is 1.20 bits per heavy atom.